The first-order valence-corrected chi connectivity index (χ1v) is 6.74. The molecule has 0 aromatic heterocycles. The highest BCUT2D eigenvalue weighted by Crippen LogP contribution is 2.22. The van der Waals surface area contributed by atoms with E-state index in [4.69, 9.17) is 10.5 Å². The van der Waals surface area contributed by atoms with Crippen LogP contribution in [-0.2, 0) is 4.79 Å². The lowest BCUT2D eigenvalue weighted by atomic mass is 9.96. The number of amides is 1. The van der Waals surface area contributed by atoms with E-state index in [-0.39, 0.29) is 18.3 Å². The predicted molar refractivity (Wildman–Crippen MR) is 85.7 cm³/mol. The number of aryl methyl sites for hydroxylation is 1. The minimum absolute atomic E-state index is 0. The molecule has 5 heteroatoms. The Morgan fingerprint density at radius 1 is 1.40 bits per heavy atom. The van der Waals surface area contributed by atoms with Gasteiger partial charge in [0, 0.05) is 5.69 Å². The third-order valence-electron chi connectivity index (χ3n) is 3.05. The smallest absolute Gasteiger partial charge is 0.244 e. The molecule has 3 N–H and O–H groups in total. The van der Waals surface area contributed by atoms with E-state index in [0.29, 0.717) is 13.0 Å². The maximum Gasteiger partial charge on any atom is 0.244 e. The molecule has 0 saturated carbocycles. The van der Waals surface area contributed by atoms with Crippen LogP contribution in [0.25, 0.3) is 0 Å². The Kier molecular flexibility index (Phi) is 7.61. The fourth-order valence-electron chi connectivity index (χ4n) is 1.93. The minimum Gasteiger partial charge on any atom is -0.494 e. The highest BCUT2D eigenvalue weighted by Gasteiger charge is 2.27. The molecular formula is C15H25ClN2O2. The average Bonchev–Trinajstić information content (AvgIpc) is 2.32. The fraction of sp³-hybridized carbons (Fsp3) is 0.533. The maximum atomic E-state index is 12.1. The number of halogens is 1. The van der Waals surface area contributed by atoms with E-state index in [1.54, 1.807) is 6.92 Å². The number of nitrogens with two attached hydrogens (primary N) is 1. The van der Waals surface area contributed by atoms with E-state index in [1.807, 2.05) is 39.0 Å². The third kappa shape index (κ3) is 5.02. The monoisotopic (exact) mass is 300 g/mol. The summed E-state index contributed by atoms with van der Waals surface area (Å²) < 4.78 is 5.42. The molecule has 0 saturated heterocycles. The minimum atomic E-state index is -0.834. The summed E-state index contributed by atoms with van der Waals surface area (Å²) in [5.74, 6) is 0.656. The quantitative estimate of drug-likeness (QED) is 0.847. The topological polar surface area (TPSA) is 64.4 Å². The molecule has 0 bridgehead atoms. The second-order valence-corrected chi connectivity index (χ2v) is 5.03. The molecule has 1 unspecified atom stereocenters. The maximum absolute atomic E-state index is 12.1. The molecule has 20 heavy (non-hydrogen) atoms. The average molecular weight is 301 g/mol. The second kappa shape index (κ2) is 8.12. The van der Waals surface area contributed by atoms with Crippen molar-refractivity contribution in [1.29, 1.82) is 0 Å². The van der Waals surface area contributed by atoms with Crippen LogP contribution >= 0.6 is 12.4 Å². The number of hydrogen-bond acceptors (Lipinski definition) is 3. The summed E-state index contributed by atoms with van der Waals surface area (Å²) in [6.45, 7) is 8.28. The molecule has 0 aliphatic heterocycles. The Labute approximate surface area is 127 Å². The molecule has 0 aliphatic carbocycles. The second-order valence-electron chi connectivity index (χ2n) is 5.03. The standard InChI is InChI=1S/C15H24N2O2.ClH/c1-5-9-15(4,16)14(18)17-13-8-7-12(19-6-2)10-11(13)3;/h7-8,10H,5-6,9,16H2,1-4H3,(H,17,18);1H. The lowest BCUT2D eigenvalue weighted by molar-refractivity contribution is -0.120. The van der Waals surface area contributed by atoms with E-state index in [9.17, 15) is 4.79 Å². The van der Waals surface area contributed by atoms with Gasteiger partial charge in [-0.05, 0) is 51.0 Å². The number of benzene rings is 1. The van der Waals surface area contributed by atoms with Crippen molar-refractivity contribution < 1.29 is 9.53 Å². The van der Waals surface area contributed by atoms with Gasteiger partial charge in [0.1, 0.15) is 5.75 Å². The van der Waals surface area contributed by atoms with Gasteiger partial charge >= 0.3 is 0 Å². The van der Waals surface area contributed by atoms with Gasteiger partial charge in [0.2, 0.25) is 5.91 Å². The summed E-state index contributed by atoms with van der Waals surface area (Å²) in [4.78, 5) is 12.1. The molecule has 0 radical (unpaired) electrons. The summed E-state index contributed by atoms with van der Waals surface area (Å²) in [5, 5.41) is 2.89. The summed E-state index contributed by atoms with van der Waals surface area (Å²) in [5.41, 5.74) is 6.92. The van der Waals surface area contributed by atoms with Crippen molar-refractivity contribution in [2.75, 3.05) is 11.9 Å². The van der Waals surface area contributed by atoms with Gasteiger partial charge < -0.3 is 15.8 Å². The van der Waals surface area contributed by atoms with E-state index < -0.39 is 5.54 Å². The van der Waals surface area contributed by atoms with Crippen LogP contribution in [0, 0.1) is 6.92 Å². The van der Waals surface area contributed by atoms with Crippen LogP contribution in [0.2, 0.25) is 0 Å². The highest BCUT2D eigenvalue weighted by molar-refractivity contribution is 5.98. The van der Waals surface area contributed by atoms with Crippen LogP contribution < -0.4 is 15.8 Å². The summed E-state index contributed by atoms with van der Waals surface area (Å²) in [6, 6.07) is 5.60. The van der Waals surface area contributed by atoms with Crippen LogP contribution in [-0.4, -0.2) is 18.1 Å². The van der Waals surface area contributed by atoms with Crippen LogP contribution in [0.4, 0.5) is 5.69 Å². The lowest BCUT2D eigenvalue weighted by Gasteiger charge is -2.23. The molecule has 1 aromatic rings. The van der Waals surface area contributed by atoms with Crippen molar-refractivity contribution in [3.63, 3.8) is 0 Å². The van der Waals surface area contributed by atoms with Gasteiger partial charge in [0.05, 0.1) is 12.1 Å². The predicted octanol–water partition coefficient (Wildman–Crippen LogP) is 3.27. The molecule has 1 atom stereocenters. The van der Waals surface area contributed by atoms with Gasteiger partial charge in [-0.25, -0.2) is 0 Å². The number of carbonyl (C=O) groups excluding carboxylic acids is 1. The molecule has 1 aromatic carbocycles. The van der Waals surface area contributed by atoms with E-state index in [2.05, 4.69) is 5.32 Å². The molecular weight excluding hydrogens is 276 g/mol. The SMILES string of the molecule is CCCC(C)(N)C(=O)Nc1ccc(OCC)cc1C.Cl. The highest BCUT2D eigenvalue weighted by atomic mass is 35.5. The number of ether oxygens (including phenoxy) is 1. The Morgan fingerprint density at radius 2 is 2.05 bits per heavy atom. The summed E-state index contributed by atoms with van der Waals surface area (Å²) in [6.07, 6.45) is 1.54. The molecule has 1 amide bonds. The van der Waals surface area contributed by atoms with E-state index in [0.717, 1.165) is 23.4 Å². The first kappa shape index (κ1) is 18.7. The number of nitrogens with one attached hydrogen (secondary N) is 1. The molecule has 0 heterocycles. The van der Waals surface area contributed by atoms with Crippen molar-refractivity contribution in [3.05, 3.63) is 23.8 Å². The molecule has 1 rings (SSSR count). The molecule has 0 aliphatic rings. The van der Waals surface area contributed by atoms with Crippen LogP contribution in [0.15, 0.2) is 18.2 Å². The van der Waals surface area contributed by atoms with Gasteiger partial charge in [0.25, 0.3) is 0 Å². The van der Waals surface area contributed by atoms with Gasteiger partial charge in [-0.3, -0.25) is 4.79 Å². The summed E-state index contributed by atoms with van der Waals surface area (Å²) >= 11 is 0. The van der Waals surface area contributed by atoms with Gasteiger partial charge in [0.15, 0.2) is 0 Å². The Balaban J connectivity index is 0.00000361. The Hall–Kier alpha value is -1.26. The van der Waals surface area contributed by atoms with Crippen molar-refractivity contribution in [1.82, 2.24) is 0 Å². The fourth-order valence-corrected chi connectivity index (χ4v) is 1.93. The number of rotatable bonds is 6. The number of hydrogen-bond donors (Lipinski definition) is 2. The van der Waals surface area contributed by atoms with Crippen molar-refractivity contribution in [3.8, 4) is 5.75 Å². The van der Waals surface area contributed by atoms with E-state index in [1.165, 1.54) is 0 Å². The third-order valence-corrected chi connectivity index (χ3v) is 3.05. The van der Waals surface area contributed by atoms with Crippen LogP contribution in [0.5, 0.6) is 5.75 Å². The first-order valence-electron chi connectivity index (χ1n) is 6.74. The van der Waals surface area contributed by atoms with Crippen LogP contribution in [0.1, 0.15) is 39.2 Å². The van der Waals surface area contributed by atoms with E-state index >= 15 is 0 Å². The number of carbonyl (C=O) groups is 1. The Morgan fingerprint density at radius 3 is 2.55 bits per heavy atom. The first-order chi connectivity index (χ1) is 8.90. The largest absolute Gasteiger partial charge is 0.494 e. The van der Waals surface area contributed by atoms with Gasteiger partial charge in [-0.1, -0.05) is 13.3 Å². The molecule has 114 valence electrons. The number of anilines is 1. The zero-order valence-corrected chi connectivity index (χ0v) is 13.5. The summed E-state index contributed by atoms with van der Waals surface area (Å²) in [7, 11) is 0. The van der Waals surface area contributed by atoms with Crippen molar-refractivity contribution >= 4 is 24.0 Å². The van der Waals surface area contributed by atoms with Gasteiger partial charge in [-0.2, -0.15) is 0 Å². The Bertz CT molecular complexity index is 447. The van der Waals surface area contributed by atoms with Crippen molar-refractivity contribution in [2.24, 2.45) is 5.73 Å². The van der Waals surface area contributed by atoms with Gasteiger partial charge in [-0.15, -0.1) is 12.4 Å². The zero-order chi connectivity index (χ0) is 14.5. The van der Waals surface area contributed by atoms with Crippen molar-refractivity contribution in [2.45, 2.75) is 46.1 Å². The zero-order valence-electron chi connectivity index (χ0n) is 12.7. The lowest BCUT2D eigenvalue weighted by Crippen LogP contribution is -2.48. The molecule has 0 spiro atoms. The molecule has 0 fully saturated rings. The van der Waals surface area contributed by atoms with Crippen LogP contribution in [0.3, 0.4) is 0 Å². The molecule has 4 nitrogen and oxygen atoms in total. The normalized spacial score (nSPS) is 13.1.